The van der Waals surface area contributed by atoms with Crippen molar-refractivity contribution in [2.75, 3.05) is 13.2 Å². The Kier molecular flexibility index (Phi) is 1.89. The van der Waals surface area contributed by atoms with Crippen LogP contribution in [0.1, 0.15) is 19.3 Å². The van der Waals surface area contributed by atoms with Crippen LogP contribution in [-0.4, -0.2) is 25.4 Å². The number of fused-ring (bicyclic) bond motifs is 1. The zero-order chi connectivity index (χ0) is 9.54. The van der Waals surface area contributed by atoms with E-state index in [1.807, 2.05) is 0 Å². The quantitative estimate of drug-likeness (QED) is 0.626. The van der Waals surface area contributed by atoms with Gasteiger partial charge in [-0.15, -0.1) is 0 Å². The summed E-state index contributed by atoms with van der Waals surface area (Å²) in [5.41, 5.74) is 8.81. The van der Waals surface area contributed by atoms with E-state index in [0.29, 0.717) is 12.6 Å². The van der Waals surface area contributed by atoms with Crippen LogP contribution in [-0.2, 0) is 9.47 Å². The van der Waals surface area contributed by atoms with E-state index in [9.17, 15) is 0 Å². The Morgan fingerprint density at radius 1 is 1.21 bits per heavy atom. The van der Waals surface area contributed by atoms with Crippen LogP contribution in [0, 0.1) is 0 Å². The van der Waals surface area contributed by atoms with E-state index in [2.05, 4.69) is 6.08 Å². The maximum atomic E-state index is 5.93. The monoisotopic (exact) mass is 193 g/mol. The zero-order valence-corrected chi connectivity index (χ0v) is 8.16. The summed E-state index contributed by atoms with van der Waals surface area (Å²) < 4.78 is 11.2. The molecule has 3 aliphatic rings. The maximum absolute atomic E-state index is 5.93. The van der Waals surface area contributed by atoms with Crippen molar-refractivity contribution in [3.05, 3.63) is 23.0 Å². The highest BCUT2D eigenvalue weighted by Crippen LogP contribution is 2.37. The van der Waals surface area contributed by atoms with Crippen LogP contribution in [0.25, 0.3) is 0 Å². The molecule has 1 heterocycles. The lowest BCUT2D eigenvalue weighted by Gasteiger charge is -2.30. The van der Waals surface area contributed by atoms with Crippen molar-refractivity contribution >= 4 is 0 Å². The summed E-state index contributed by atoms with van der Waals surface area (Å²) in [4.78, 5) is 0. The van der Waals surface area contributed by atoms with Gasteiger partial charge in [0.25, 0.3) is 0 Å². The number of rotatable bonds is 0. The van der Waals surface area contributed by atoms with Gasteiger partial charge in [0.2, 0.25) is 0 Å². The Hall–Kier alpha value is -0.800. The van der Waals surface area contributed by atoms with Crippen LogP contribution < -0.4 is 5.73 Å². The van der Waals surface area contributed by atoms with E-state index in [1.54, 1.807) is 0 Å². The Morgan fingerprint density at radius 3 is 3.07 bits per heavy atom. The first kappa shape index (κ1) is 8.50. The third-order valence-electron chi connectivity index (χ3n) is 3.18. The Morgan fingerprint density at radius 2 is 2.14 bits per heavy atom. The minimum atomic E-state index is 0.174. The number of nitrogens with two attached hydrogens (primary N) is 1. The second-order valence-corrected chi connectivity index (χ2v) is 4.26. The molecule has 0 amide bonds. The highest BCUT2D eigenvalue weighted by atomic mass is 16.6. The van der Waals surface area contributed by atoms with Gasteiger partial charge in [-0.25, -0.2) is 0 Å². The lowest BCUT2D eigenvalue weighted by Crippen LogP contribution is -2.29. The van der Waals surface area contributed by atoms with Gasteiger partial charge < -0.3 is 15.2 Å². The second-order valence-electron chi connectivity index (χ2n) is 4.26. The van der Waals surface area contributed by atoms with Crippen LogP contribution in [0.15, 0.2) is 23.0 Å². The molecule has 2 aliphatic carbocycles. The normalized spacial score (nSPS) is 35.9. The highest BCUT2D eigenvalue weighted by Gasteiger charge is 2.31. The van der Waals surface area contributed by atoms with E-state index in [0.717, 1.165) is 31.6 Å². The van der Waals surface area contributed by atoms with Crippen molar-refractivity contribution in [2.45, 2.75) is 31.4 Å². The van der Waals surface area contributed by atoms with Gasteiger partial charge in [0, 0.05) is 12.5 Å². The first-order valence-electron chi connectivity index (χ1n) is 5.25. The topological polar surface area (TPSA) is 44.5 Å². The molecule has 0 aromatic rings. The average Bonchev–Trinajstić information content (AvgIpc) is 2.53. The predicted molar refractivity (Wildman–Crippen MR) is 52.6 cm³/mol. The Bertz CT molecular complexity index is 319. The van der Waals surface area contributed by atoms with Crippen molar-refractivity contribution in [3.8, 4) is 0 Å². The minimum absolute atomic E-state index is 0.174. The largest absolute Gasteiger partial charge is 0.493 e. The molecule has 1 fully saturated rings. The van der Waals surface area contributed by atoms with Gasteiger partial charge in [-0.1, -0.05) is 5.57 Å². The van der Waals surface area contributed by atoms with Crippen molar-refractivity contribution in [2.24, 2.45) is 5.73 Å². The van der Waals surface area contributed by atoms with Crippen LogP contribution in [0.5, 0.6) is 0 Å². The van der Waals surface area contributed by atoms with Crippen molar-refractivity contribution in [1.82, 2.24) is 0 Å². The molecule has 0 bridgehead atoms. The fourth-order valence-electron chi connectivity index (χ4n) is 2.54. The van der Waals surface area contributed by atoms with Gasteiger partial charge >= 0.3 is 0 Å². The summed E-state index contributed by atoms with van der Waals surface area (Å²) in [5, 5.41) is 0. The summed E-state index contributed by atoms with van der Waals surface area (Å²) in [7, 11) is 0. The van der Waals surface area contributed by atoms with Crippen molar-refractivity contribution < 1.29 is 9.47 Å². The number of allylic oxidation sites excluding steroid dienone is 1. The molecule has 2 atom stereocenters. The zero-order valence-electron chi connectivity index (χ0n) is 8.16. The molecule has 2 N–H and O–H groups in total. The fourth-order valence-corrected chi connectivity index (χ4v) is 2.54. The molecule has 76 valence electrons. The van der Waals surface area contributed by atoms with Crippen molar-refractivity contribution in [1.29, 1.82) is 0 Å². The number of ether oxygens (including phenoxy) is 2. The molecule has 3 heteroatoms. The second kappa shape index (κ2) is 3.11. The summed E-state index contributed by atoms with van der Waals surface area (Å²) in [5.74, 6) is 1.02. The smallest absolute Gasteiger partial charge is 0.125 e. The molecule has 0 spiro atoms. The molecule has 1 aliphatic heterocycles. The molecule has 0 aromatic heterocycles. The van der Waals surface area contributed by atoms with Crippen LogP contribution in [0.4, 0.5) is 0 Å². The molecular formula is C11H15NO2. The molecule has 0 aromatic carbocycles. The van der Waals surface area contributed by atoms with Gasteiger partial charge in [0.05, 0.1) is 6.61 Å². The summed E-state index contributed by atoms with van der Waals surface area (Å²) in [6, 6.07) is 0.317. The van der Waals surface area contributed by atoms with Gasteiger partial charge in [0.1, 0.15) is 18.5 Å². The Labute approximate surface area is 83.6 Å². The van der Waals surface area contributed by atoms with Gasteiger partial charge in [-0.05, 0) is 24.5 Å². The van der Waals surface area contributed by atoms with Crippen molar-refractivity contribution in [3.63, 3.8) is 0 Å². The first-order valence-corrected chi connectivity index (χ1v) is 5.25. The molecule has 14 heavy (non-hydrogen) atoms. The number of hydrogen-bond donors (Lipinski definition) is 1. The summed E-state index contributed by atoms with van der Waals surface area (Å²) in [6.07, 6.45) is 5.37. The molecule has 3 rings (SSSR count). The van der Waals surface area contributed by atoms with Gasteiger partial charge in [-0.2, -0.15) is 0 Å². The van der Waals surface area contributed by atoms with E-state index in [1.165, 1.54) is 11.1 Å². The molecular weight excluding hydrogens is 178 g/mol. The van der Waals surface area contributed by atoms with E-state index in [-0.39, 0.29) is 6.10 Å². The molecule has 0 radical (unpaired) electrons. The van der Waals surface area contributed by atoms with Gasteiger partial charge in [-0.3, -0.25) is 0 Å². The minimum Gasteiger partial charge on any atom is -0.493 e. The van der Waals surface area contributed by atoms with Crippen LogP contribution >= 0.6 is 0 Å². The van der Waals surface area contributed by atoms with E-state index >= 15 is 0 Å². The van der Waals surface area contributed by atoms with E-state index < -0.39 is 0 Å². The molecule has 2 unspecified atom stereocenters. The predicted octanol–water partition coefficient (Wildman–Crippen LogP) is 1.11. The highest BCUT2D eigenvalue weighted by molar-refractivity contribution is 5.39. The number of hydrogen-bond acceptors (Lipinski definition) is 3. The molecule has 0 saturated carbocycles. The SMILES string of the molecule is NC1CC2=C(C1)CC1OCCOC1=C2. The molecule has 1 saturated heterocycles. The molecule has 3 nitrogen and oxygen atoms in total. The first-order chi connectivity index (χ1) is 6.83. The standard InChI is InChI=1S/C11H15NO2/c12-9-3-7-5-10-11(6-8(7)4-9)14-2-1-13-10/h5,9,11H,1-4,6,12H2. The summed E-state index contributed by atoms with van der Waals surface area (Å²) >= 11 is 0. The van der Waals surface area contributed by atoms with Gasteiger partial charge in [0.15, 0.2) is 0 Å². The lowest BCUT2D eigenvalue weighted by molar-refractivity contribution is -0.0430. The third kappa shape index (κ3) is 1.28. The average molecular weight is 193 g/mol. The maximum Gasteiger partial charge on any atom is 0.125 e. The third-order valence-corrected chi connectivity index (χ3v) is 3.18. The fraction of sp³-hybridized carbons (Fsp3) is 0.636. The Balaban J connectivity index is 1.87. The lowest BCUT2D eigenvalue weighted by atomic mass is 9.96. The van der Waals surface area contributed by atoms with Crippen LogP contribution in [0.2, 0.25) is 0 Å². The van der Waals surface area contributed by atoms with Crippen LogP contribution in [0.3, 0.4) is 0 Å². The summed E-state index contributed by atoms with van der Waals surface area (Å²) in [6.45, 7) is 1.41. The van der Waals surface area contributed by atoms with E-state index in [4.69, 9.17) is 15.2 Å².